The minimum absolute atomic E-state index is 0.156. The van der Waals surface area contributed by atoms with Gasteiger partial charge in [-0.15, -0.1) is 0 Å². The Hall–Kier alpha value is -2.69. The maximum atomic E-state index is 11.8. The Balaban J connectivity index is 1.45. The van der Waals surface area contributed by atoms with Gasteiger partial charge < -0.3 is 14.9 Å². The van der Waals surface area contributed by atoms with Crippen molar-refractivity contribution in [2.24, 2.45) is 5.92 Å². The van der Waals surface area contributed by atoms with Gasteiger partial charge in [-0.3, -0.25) is 4.98 Å². The van der Waals surface area contributed by atoms with Crippen molar-refractivity contribution in [2.75, 3.05) is 0 Å². The van der Waals surface area contributed by atoms with E-state index in [9.17, 15) is 10.2 Å². The average Bonchev–Trinajstić information content (AvgIpc) is 2.84. The van der Waals surface area contributed by atoms with Crippen LogP contribution in [0.1, 0.15) is 67.5 Å². The van der Waals surface area contributed by atoms with Gasteiger partial charge in [0.15, 0.2) is 0 Å². The molecule has 0 saturated heterocycles. The molecule has 1 aromatic heterocycles. The molecule has 2 aliphatic rings. The van der Waals surface area contributed by atoms with Crippen LogP contribution < -0.4 is 4.74 Å². The molecule has 2 aliphatic carbocycles. The van der Waals surface area contributed by atoms with Crippen LogP contribution in [0.4, 0.5) is 0 Å². The van der Waals surface area contributed by atoms with E-state index in [4.69, 9.17) is 4.74 Å². The van der Waals surface area contributed by atoms with Gasteiger partial charge in [0.25, 0.3) is 0 Å². The van der Waals surface area contributed by atoms with Crippen molar-refractivity contribution in [3.63, 3.8) is 0 Å². The standard InChI is InChI=1S/C30H35NO3/c1-4-29-20-28(3,32)30(33,24-10-6-5-7-11-24)18-25(29)13-12-22-17-26(14-15-27(22)29)34-19-23-9-8-16-31-21(23)2/h5-11,14-17,25,32-33H,4,12-13,18-20H2,1-3H3. The Morgan fingerprint density at radius 2 is 1.85 bits per heavy atom. The summed E-state index contributed by atoms with van der Waals surface area (Å²) in [5, 5.41) is 23.6. The third kappa shape index (κ3) is 3.64. The van der Waals surface area contributed by atoms with E-state index in [0.29, 0.717) is 25.4 Å². The number of ether oxygens (including phenoxy) is 1. The van der Waals surface area contributed by atoms with Crippen molar-refractivity contribution in [3.05, 3.63) is 94.8 Å². The molecule has 1 heterocycles. The molecule has 4 nitrogen and oxygen atoms in total. The monoisotopic (exact) mass is 457 g/mol. The fourth-order valence-corrected chi connectivity index (χ4v) is 6.63. The van der Waals surface area contributed by atoms with E-state index >= 15 is 0 Å². The first kappa shape index (κ1) is 23.1. The van der Waals surface area contributed by atoms with Crippen LogP contribution in [-0.2, 0) is 24.0 Å². The molecular weight excluding hydrogens is 422 g/mol. The number of hydrogen-bond acceptors (Lipinski definition) is 4. The van der Waals surface area contributed by atoms with Crippen molar-refractivity contribution in [2.45, 2.75) is 76.1 Å². The van der Waals surface area contributed by atoms with Gasteiger partial charge in [0.1, 0.15) is 18.0 Å². The third-order valence-corrected chi connectivity index (χ3v) is 8.64. The predicted octanol–water partition coefficient (Wildman–Crippen LogP) is 5.61. The predicted molar refractivity (Wildman–Crippen MR) is 134 cm³/mol. The summed E-state index contributed by atoms with van der Waals surface area (Å²) in [6, 6.07) is 20.2. The number of aromatic nitrogens is 1. The number of hydrogen-bond donors (Lipinski definition) is 2. The van der Waals surface area contributed by atoms with Crippen LogP contribution in [0, 0.1) is 12.8 Å². The average molecular weight is 458 g/mol. The van der Waals surface area contributed by atoms with Gasteiger partial charge in [0, 0.05) is 22.9 Å². The molecule has 0 aliphatic heterocycles. The number of pyridine rings is 1. The molecule has 1 saturated carbocycles. The summed E-state index contributed by atoms with van der Waals surface area (Å²) >= 11 is 0. The van der Waals surface area contributed by atoms with E-state index in [0.717, 1.165) is 41.8 Å². The number of rotatable bonds is 5. The Labute approximate surface area is 202 Å². The first-order valence-corrected chi connectivity index (χ1v) is 12.5. The van der Waals surface area contributed by atoms with Crippen molar-refractivity contribution in [3.8, 4) is 5.75 Å². The summed E-state index contributed by atoms with van der Waals surface area (Å²) < 4.78 is 6.14. The lowest BCUT2D eigenvalue weighted by molar-refractivity contribution is -0.205. The first-order valence-electron chi connectivity index (χ1n) is 12.5. The number of aliphatic hydroxyl groups is 2. The quantitative estimate of drug-likeness (QED) is 0.523. The van der Waals surface area contributed by atoms with Gasteiger partial charge >= 0.3 is 0 Å². The van der Waals surface area contributed by atoms with Crippen LogP contribution in [0.2, 0.25) is 0 Å². The van der Waals surface area contributed by atoms with E-state index in [1.807, 2.05) is 50.2 Å². The molecule has 2 N–H and O–H groups in total. The fraction of sp³-hybridized carbons (Fsp3) is 0.433. The van der Waals surface area contributed by atoms with Gasteiger partial charge in [-0.1, -0.05) is 49.4 Å². The van der Waals surface area contributed by atoms with E-state index in [1.165, 1.54) is 11.1 Å². The van der Waals surface area contributed by atoms with Crippen molar-refractivity contribution >= 4 is 0 Å². The summed E-state index contributed by atoms with van der Waals surface area (Å²) in [7, 11) is 0. The molecular formula is C30H35NO3. The van der Waals surface area contributed by atoms with Crippen LogP contribution in [0.5, 0.6) is 5.75 Å². The highest BCUT2D eigenvalue weighted by atomic mass is 16.5. The summed E-state index contributed by atoms with van der Waals surface area (Å²) in [6.45, 7) is 6.54. The molecule has 5 rings (SSSR count). The maximum absolute atomic E-state index is 11.8. The number of benzene rings is 2. The third-order valence-electron chi connectivity index (χ3n) is 8.64. The second-order valence-corrected chi connectivity index (χ2v) is 10.5. The SMILES string of the molecule is CCC12CC(C)(O)C(O)(c3ccccc3)CC1CCc1cc(OCc3cccnc3C)ccc12. The molecule has 0 amide bonds. The molecule has 4 heteroatoms. The molecule has 34 heavy (non-hydrogen) atoms. The van der Waals surface area contributed by atoms with Crippen LogP contribution in [-0.4, -0.2) is 20.8 Å². The summed E-state index contributed by atoms with van der Waals surface area (Å²) in [4.78, 5) is 4.35. The van der Waals surface area contributed by atoms with Crippen molar-refractivity contribution in [1.29, 1.82) is 0 Å². The molecule has 4 atom stereocenters. The Kier molecular flexibility index (Phi) is 5.78. The lowest BCUT2D eigenvalue weighted by Gasteiger charge is -2.59. The molecule has 3 aromatic rings. The Morgan fingerprint density at radius 1 is 1.06 bits per heavy atom. The number of aryl methyl sites for hydroxylation is 2. The molecule has 0 radical (unpaired) electrons. The van der Waals surface area contributed by atoms with Crippen LogP contribution in [0.25, 0.3) is 0 Å². The van der Waals surface area contributed by atoms with E-state index < -0.39 is 11.2 Å². The van der Waals surface area contributed by atoms with Gasteiger partial charge in [-0.25, -0.2) is 0 Å². The van der Waals surface area contributed by atoms with Crippen molar-refractivity contribution in [1.82, 2.24) is 4.98 Å². The van der Waals surface area contributed by atoms with Crippen LogP contribution in [0.3, 0.4) is 0 Å². The Bertz CT molecular complexity index is 1170. The smallest absolute Gasteiger partial charge is 0.120 e. The fourth-order valence-electron chi connectivity index (χ4n) is 6.63. The summed E-state index contributed by atoms with van der Waals surface area (Å²) in [5.74, 6) is 1.18. The lowest BCUT2D eigenvalue weighted by Crippen LogP contribution is -2.62. The molecule has 4 unspecified atom stereocenters. The van der Waals surface area contributed by atoms with E-state index in [1.54, 1.807) is 6.20 Å². The zero-order chi connectivity index (χ0) is 24.0. The van der Waals surface area contributed by atoms with Gasteiger partial charge in [0.2, 0.25) is 0 Å². The number of nitrogens with zero attached hydrogens (tertiary/aromatic N) is 1. The second-order valence-electron chi connectivity index (χ2n) is 10.5. The minimum atomic E-state index is -1.25. The second kappa shape index (κ2) is 8.51. The largest absolute Gasteiger partial charge is 0.489 e. The molecule has 1 fully saturated rings. The zero-order valence-corrected chi connectivity index (χ0v) is 20.4. The molecule has 0 spiro atoms. The van der Waals surface area contributed by atoms with Gasteiger partial charge in [-0.05, 0) is 86.8 Å². The van der Waals surface area contributed by atoms with E-state index in [-0.39, 0.29) is 5.41 Å². The maximum Gasteiger partial charge on any atom is 0.120 e. The van der Waals surface area contributed by atoms with Crippen LogP contribution in [0.15, 0.2) is 66.9 Å². The van der Waals surface area contributed by atoms with Gasteiger partial charge in [-0.2, -0.15) is 0 Å². The minimum Gasteiger partial charge on any atom is -0.489 e. The topological polar surface area (TPSA) is 62.6 Å². The zero-order valence-electron chi connectivity index (χ0n) is 20.4. The summed E-state index contributed by atoms with van der Waals surface area (Å²) in [6.07, 6.45) is 5.79. The highest BCUT2D eigenvalue weighted by Crippen LogP contribution is 2.60. The highest BCUT2D eigenvalue weighted by Gasteiger charge is 2.60. The lowest BCUT2D eigenvalue weighted by atomic mass is 9.49. The van der Waals surface area contributed by atoms with E-state index in [2.05, 4.69) is 36.2 Å². The molecule has 2 aromatic carbocycles. The molecule has 178 valence electrons. The normalized spacial score (nSPS) is 30.3. The molecule has 0 bridgehead atoms. The van der Waals surface area contributed by atoms with Crippen LogP contribution >= 0.6 is 0 Å². The van der Waals surface area contributed by atoms with Gasteiger partial charge in [0.05, 0.1) is 5.60 Å². The summed E-state index contributed by atoms with van der Waals surface area (Å²) in [5.41, 5.74) is 2.87. The first-order chi connectivity index (χ1) is 16.3. The Morgan fingerprint density at radius 3 is 2.59 bits per heavy atom. The highest BCUT2D eigenvalue weighted by molar-refractivity contribution is 5.45. The van der Waals surface area contributed by atoms with Crippen molar-refractivity contribution < 1.29 is 14.9 Å². The number of fused-ring (bicyclic) bond motifs is 3.